The molecule has 2 atom stereocenters. The van der Waals surface area contributed by atoms with Crippen LogP contribution in [0.5, 0.6) is 0 Å². The Labute approximate surface area is 94.9 Å². The van der Waals surface area contributed by atoms with Gasteiger partial charge in [-0.05, 0) is 32.4 Å². The standard InChI is InChI=1S/C12H17NO3/c1-9(10-5-7-16-8-10)13-6-3-2-4-11(13)12(14)15/h5,7-9,11H,2-4,6H2,1H3,(H,14,15). The van der Waals surface area contributed by atoms with Crippen molar-refractivity contribution >= 4 is 5.97 Å². The Morgan fingerprint density at radius 2 is 2.44 bits per heavy atom. The highest BCUT2D eigenvalue weighted by atomic mass is 16.4. The molecule has 1 N–H and O–H groups in total. The van der Waals surface area contributed by atoms with Crippen molar-refractivity contribution in [3.63, 3.8) is 0 Å². The van der Waals surface area contributed by atoms with Crippen LogP contribution in [-0.4, -0.2) is 28.6 Å². The molecule has 1 aliphatic rings. The van der Waals surface area contributed by atoms with Crippen molar-refractivity contribution in [2.24, 2.45) is 0 Å². The van der Waals surface area contributed by atoms with Gasteiger partial charge in [0.2, 0.25) is 0 Å². The molecule has 2 rings (SSSR count). The van der Waals surface area contributed by atoms with Gasteiger partial charge in [0, 0.05) is 11.6 Å². The van der Waals surface area contributed by atoms with Gasteiger partial charge in [-0.15, -0.1) is 0 Å². The van der Waals surface area contributed by atoms with Gasteiger partial charge in [-0.3, -0.25) is 9.69 Å². The van der Waals surface area contributed by atoms with Crippen LogP contribution in [0.1, 0.15) is 37.8 Å². The van der Waals surface area contributed by atoms with E-state index in [0.29, 0.717) is 0 Å². The third-order valence-electron chi connectivity index (χ3n) is 3.35. The molecule has 1 aromatic rings. The van der Waals surface area contributed by atoms with Gasteiger partial charge in [0.25, 0.3) is 0 Å². The number of nitrogens with zero attached hydrogens (tertiary/aromatic N) is 1. The number of rotatable bonds is 3. The van der Waals surface area contributed by atoms with Crippen molar-refractivity contribution in [1.29, 1.82) is 0 Å². The van der Waals surface area contributed by atoms with Crippen molar-refractivity contribution in [2.45, 2.75) is 38.3 Å². The third-order valence-corrected chi connectivity index (χ3v) is 3.35. The van der Waals surface area contributed by atoms with Crippen LogP contribution >= 0.6 is 0 Å². The molecule has 1 aromatic heterocycles. The first-order valence-corrected chi connectivity index (χ1v) is 5.71. The molecule has 4 heteroatoms. The van der Waals surface area contributed by atoms with Crippen molar-refractivity contribution in [1.82, 2.24) is 4.90 Å². The summed E-state index contributed by atoms with van der Waals surface area (Å²) in [4.78, 5) is 13.2. The van der Waals surface area contributed by atoms with E-state index in [0.717, 1.165) is 31.4 Å². The maximum absolute atomic E-state index is 11.2. The smallest absolute Gasteiger partial charge is 0.320 e. The summed E-state index contributed by atoms with van der Waals surface area (Å²) in [6.07, 6.45) is 6.15. The molecule has 2 unspecified atom stereocenters. The van der Waals surface area contributed by atoms with Crippen LogP contribution < -0.4 is 0 Å². The van der Waals surface area contributed by atoms with Gasteiger partial charge < -0.3 is 9.52 Å². The van der Waals surface area contributed by atoms with E-state index in [-0.39, 0.29) is 12.1 Å². The lowest BCUT2D eigenvalue weighted by atomic mass is 9.98. The molecular formula is C12H17NO3. The molecule has 0 bridgehead atoms. The fourth-order valence-corrected chi connectivity index (χ4v) is 2.39. The van der Waals surface area contributed by atoms with Crippen molar-refractivity contribution in [3.05, 3.63) is 24.2 Å². The molecular weight excluding hydrogens is 206 g/mol. The maximum atomic E-state index is 11.2. The molecule has 1 aliphatic heterocycles. The third kappa shape index (κ3) is 2.11. The lowest BCUT2D eigenvalue weighted by Gasteiger charge is -2.37. The van der Waals surface area contributed by atoms with Crippen molar-refractivity contribution < 1.29 is 14.3 Å². The molecule has 0 amide bonds. The van der Waals surface area contributed by atoms with Gasteiger partial charge >= 0.3 is 5.97 Å². The number of carbonyl (C=O) groups is 1. The summed E-state index contributed by atoms with van der Waals surface area (Å²) in [7, 11) is 0. The Balaban J connectivity index is 2.14. The van der Waals surface area contributed by atoms with E-state index in [4.69, 9.17) is 4.42 Å². The van der Waals surface area contributed by atoms with E-state index >= 15 is 0 Å². The largest absolute Gasteiger partial charge is 0.480 e. The summed E-state index contributed by atoms with van der Waals surface area (Å²) in [6.45, 7) is 2.88. The van der Waals surface area contributed by atoms with Crippen molar-refractivity contribution in [3.8, 4) is 0 Å². The fraction of sp³-hybridized carbons (Fsp3) is 0.583. The Bertz CT molecular complexity index is 347. The van der Waals surface area contributed by atoms with Crippen LogP contribution in [0.2, 0.25) is 0 Å². The number of hydrogen-bond acceptors (Lipinski definition) is 3. The first-order chi connectivity index (χ1) is 7.70. The van der Waals surface area contributed by atoms with Crippen molar-refractivity contribution in [2.75, 3.05) is 6.54 Å². The van der Waals surface area contributed by atoms with Crippen LogP contribution in [0.25, 0.3) is 0 Å². The number of carboxylic acid groups (broad SMARTS) is 1. The predicted molar refractivity (Wildman–Crippen MR) is 59.1 cm³/mol. The zero-order chi connectivity index (χ0) is 11.5. The van der Waals surface area contributed by atoms with Gasteiger partial charge in [0.05, 0.1) is 12.5 Å². The molecule has 88 valence electrons. The molecule has 0 saturated carbocycles. The summed E-state index contributed by atoms with van der Waals surface area (Å²) >= 11 is 0. The highest BCUT2D eigenvalue weighted by Gasteiger charge is 2.32. The maximum Gasteiger partial charge on any atom is 0.320 e. The molecule has 1 fully saturated rings. The number of likely N-dealkylation sites (tertiary alicyclic amines) is 1. The van der Waals surface area contributed by atoms with Crippen LogP contribution in [0.15, 0.2) is 23.0 Å². The summed E-state index contributed by atoms with van der Waals surface area (Å²) < 4.78 is 5.05. The SMILES string of the molecule is CC(c1ccoc1)N1CCCCC1C(=O)O. The van der Waals surface area contributed by atoms with E-state index in [1.165, 1.54) is 0 Å². The van der Waals surface area contributed by atoms with E-state index < -0.39 is 5.97 Å². The molecule has 1 saturated heterocycles. The Kier molecular flexibility index (Phi) is 3.29. The number of furan rings is 1. The fourth-order valence-electron chi connectivity index (χ4n) is 2.39. The second kappa shape index (κ2) is 4.70. The monoisotopic (exact) mass is 223 g/mol. The quantitative estimate of drug-likeness (QED) is 0.854. The Morgan fingerprint density at radius 3 is 3.06 bits per heavy atom. The number of piperidine rings is 1. The average molecular weight is 223 g/mol. The van der Waals surface area contributed by atoms with E-state index in [2.05, 4.69) is 4.90 Å². The summed E-state index contributed by atoms with van der Waals surface area (Å²) in [5.74, 6) is -0.713. The highest BCUT2D eigenvalue weighted by Crippen LogP contribution is 2.28. The summed E-state index contributed by atoms with van der Waals surface area (Å²) in [6, 6.07) is 1.66. The minimum absolute atomic E-state index is 0.111. The molecule has 0 radical (unpaired) electrons. The molecule has 0 aliphatic carbocycles. The van der Waals surface area contributed by atoms with E-state index in [1.54, 1.807) is 12.5 Å². The van der Waals surface area contributed by atoms with E-state index in [9.17, 15) is 9.90 Å². The van der Waals surface area contributed by atoms with E-state index in [1.807, 2.05) is 13.0 Å². The topological polar surface area (TPSA) is 53.7 Å². The Hall–Kier alpha value is -1.29. The number of aliphatic carboxylic acids is 1. The zero-order valence-electron chi connectivity index (χ0n) is 9.43. The molecule has 16 heavy (non-hydrogen) atoms. The Morgan fingerprint density at radius 1 is 1.62 bits per heavy atom. The average Bonchev–Trinajstić information content (AvgIpc) is 2.81. The number of carboxylic acids is 1. The van der Waals surface area contributed by atoms with Crippen LogP contribution in [0, 0.1) is 0 Å². The molecule has 4 nitrogen and oxygen atoms in total. The minimum atomic E-state index is -0.713. The lowest BCUT2D eigenvalue weighted by molar-refractivity contribution is -0.145. The van der Waals surface area contributed by atoms with Crippen LogP contribution in [-0.2, 0) is 4.79 Å². The van der Waals surface area contributed by atoms with Gasteiger partial charge in [-0.25, -0.2) is 0 Å². The van der Waals surface area contributed by atoms with Gasteiger partial charge in [0.1, 0.15) is 6.04 Å². The van der Waals surface area contributed by atoms with Gasteiger partial charge in [-0.2, -0.15) is 0 Å². The normalized spacial score (nSPS) is 24.2. The summed E-state index contributed by atoms with van der Waals surface area (Å²) in [5, 5.41) is 9.19. The first-order valence-electron chi connectivity index (χ1n) is 5.71. The van der Waals surface area contributed by atoms with Crippen LogP contribution in [0.3, 0.4) is 0 Å². The summed E-state index contributed by atoms with van der Waals surface area (Å²) in [5.41, 5.74) is 1.05. The zero-order valence-corrected chi connectivity index (χ0v) is 9.43. The first kappa shape index (κ1) is 11.2. The molecule has 2 heterocycles. The predicted octanol–water partition coefficient (Wildman–Crippen LogP) is 2.28. The molecule has 0 spiro atoms. The second-order valence-electron chi connectivity index (χ2n) is 4.32. The number of hydrogen-bond donors (Lipinski definition) is 1. The van der Waals surface area contributed by atoms with Gasteiger partial charge in [0.15, 0.2) is 0 Å². The minimum Gasteiger partial charge on any atom is -0.480 e. The highest BCUT2D eigenvalue weighted by molar-refractivity contribution is 5.73. The molecule has 0 aromatic carbocycles. The van der Waals surface area contributed by atoms with Crippen LogP contribution in [0.4, 0.5) is 0 Å². The van der Waals surface area contributed by atoms with Gasteiger partial charge in [-0.1, -0.05) is 6.42 Å². The lowest BCUT2D eigenvalue weighted by Crippen LogP contribution is -2.45. The second-order valence-corrected chi connectivity index (χ2v) is 4.32.